The molecular weight excluding hydrogens is 332 g/mol. The lowest BCUT2D eigenvalue weighted by Crippen LogP contribution is -2.41. The topological polar surface area (TPSA) is 74.0 Å². The van der Waals surface area contributed by atoms with Crippen molar-refractivity contribution in [1.82, 2.24) is 4.90 Å². The number of likely N-dealkylation sites (tertiary alicyclic amines) is 1. The van der Waals surface area contributed by atoms with E-state index in [4.69, 9.17) is 31.5 Å². The van der Waals surface area contributed by atoms with Gasteiger partial charge < -0.3 is 19.9 Å². The van der Waals surface area contributed by atoms with Gasteiger partial charge in [0.25, 0.3) is 5.91 Å². The molecule has 0 aromatic heterocycles. The Balaban J connectivity index is 2.15. The van der Waals surface area contributed by atoms with E-state index in [9.17, 15) is 4.79 Å². The summed E-state index contributed by atoms with van der Waals surface area (Å²) < 4.78 is 16.1. The molecule has 2 rings (SSSR count). The molecule has 0 bridgehead atoms. The van der Waals surface area contributed by atoms with E-state index < -0.39 is 5.91 Å². The van der Waals surface area contributed by atoms with Gasteiger partial charge in [0, 0.05) is 19.7 Å². The van der Waals surface area contributed by atoms with Crippen molar-refractivity contribution in [2.24, 2.45) is 5.73 Å². The van der Waals surface area contributed by atoms with Crippen LogP contribution in [0.15, 0.2) is 12.1 Å². The van der Waals surface area contributed by atoms with Gasteiger partial charge in [0.15, 0.2) is 18.1 Å². The average Bonchev–Trinajstić information content (AvgIpc) is 2.55. The monoisotopic (exact) mass is 356 g/mol. The van der Waals surface area contributed by atoms with E-state index in [1.807, 2.05) is 12.1 Å². The third-order valence-electron chi connectivity index (χ3n) is 4.14. The van der Waals surface area contributed by atoms with Gasteiger partial charge in [0.05, 0.1) is 18.7 Å². The van der Waals surface area contributed by atoms with Crippen LogP contribution < -0.4 is 15.2 Å². The second-order valence-corrected chi connectivity index (χ2v) is 6.35. The number of benzene rings is 1. The molecule has 0 aliphatic carbocycles. The highest BCUT2D eigenvalue weighted by Gasteiger charge is 2.23. The second kappa shape index (κ2) is 9.11. The largest absolute Gasteiger partial charge is 0.493 e. The number of nitrogens with two attached hydrogens (primary N) is 1. The molecule has 0 radical (unpaired) electrons. The van der Waals surface area contributed by atoms with Gasteiger partial charge in [0.1, 0.15) is 0 Å². The third kappa shape index (κ3) is 5.00. The number of rotatable bonds is 8. The zero-order chi connectivity index (χ0) is 17.5. The highest BCUT2D eigenvalue weighted by atomic mass is 35.5. The Kier molecular flexibility index (Phi) is 7.15. The van der Waals surface area contributed by atoms with Crippen molar-refractivity contribution < 1.29 is 19.0 Å². The summed E-state index contributed by atoms with van der Waals surface area (Å²) in [5.41, 5.74) is 6.15. The highest BCUT2D eigenvalue weighted by molar-refractivity contribution is 6.32. The number of hydrogen-bond acceptors (Lipinski definition) is 5. The lowest BCUT2D eigenvalue weighted by molar-refractivity contribution is -0.119. The van der Waals surface area contributed by atoms with Crippen LogP contribution in [0.1, 0.15) is 24.8 Å². The van der Waals surface area contributed by atoms with E-state index in [-0.39, 0.29) is 6.61 Å². The molecular formula is C17H25ClN2O4. The molecule has 1 aromatic carbocycles. The van der Waals surface area contributed by atoms with Crippen LogP contribution in [-0.4, -0.2) is 50.8 Å². The van der Waals surface area contributed by atoms with Gasteiger partial charge in [-0.3, -0.25) is 9.69 Å². The minimum atomic E-state index is -0.562. The summed E-state index contributed by atoms with van der Waals surface area (Å²) >= 11 is 6.31. The fraction of sp³-hybridized carbons (Fsp3) is 0.588. The molecule has 1 aliphatic heterocycles. The van der Waals surface area contributed by atoms with Crippen LogP contribution >= 0.6 is 11.6 Å². The maximum Gasteiger partial charge on any atom is 0.255 e. The highest BCUT2D eigenvalue weighted by Crippen LogP contribution is 2.37. The first-order chi connectivity index (χ1) is 11.5. The molecule has 2 N–H and O–H groups in total. The van der Waals surface area contributed by atoms with Crippen molar-refractivity contribution >= 4 is 17.5 Å². The van der Waals surface area contributed by atoms with Crippen LogP contribution in [0.3, 0.4) is 0 Å². The van der Waals surface area contributed by atoms with Crippen LogP contribution in [-0.2, 0) is 16.1 Å². The first-order valence-electron chi connectivity index (χ1n) is 8.05. The first-order valence-corrected chi connectivity index (χ1v) is 8.43. The van der Waals surface area contributed by atoms with Crippen molar-refractivity contribution in [2.45, 2.75) is 31.8 Å². The zero-order valence-electron chi connectivity index (χ0n) is 14.2. The van der Waals surface area contributed by atoms with E-state index in [2.05, 4.69) is 4.90 Å². The summed E-state index contributed by atoms with van der Waals surface area (Å²) in [6, 6.07) is 4.15. The number of piperidine rings is 1. The Bertz CT molecular complexity index is 566. The predicted octanol–water partition coefficient (Wildman–Crippen LogP) is 2.21. The molecule has 1 amide bonds. The van der Waals surface area contributed by atoms with E-state index in [1.54, 1.807) is 14.2 Å². The molecule has 0 saturated carbocycles. The zero-order valence-corrected chi connectivity index (χ0v) is 15.0. The summed E-state index contributed by atoms with van der Waals surface area (Å²) in [5.74, 6) is 0.278. The molecule has 1 saturated heterocycles. The number of ether oxygens (including phenoxy) is 3. The number of nitrogens with zero attached hydrogens (tertiary/aromatic N) is 1. The Hall–Kier alpha value is -1.50. The maximum absolute atomic E-state index is 10.9. The number of carbonyl (C=O) groups is 1. The SMILES string of the molecule is COCC1CCCCN1Cc1cc(Cl)c(OCC(N)=O)c(OC)c1. The maximum atomic E-state index is 10.9. The van der Waals surface area contributed by atoms with Crippen LogP contribution in [0.4, 0.5) is 0 Å². The minimum Gasteiger partial charge on any atom is -0.493 e. The summed E-state index contributed by atoms with van der Waals surface area (Å²) in [7, 11) is 3.28. The standard InChI is InChI=1S/C17H25ClN2O4/c1-22-10-13-5-3-4-6-20(13)9-12-7-14(18)17(15(8-12)23-2)24-11-16(19)21/h7-8,13H,3-6,9-11H2,1-2H3,(H2,19,21). The molecule has 0 spiro atoms. The van der Waals surface area contributed by atoms with Crippen molar-refractivity contribution in [3.63, 3.8) is 0 Å². The van der Waals surface area contributed by atoms with Crippen molar-refractivity contribution in [3.05, 3.63) is 22.7 Å². The third-order valence-corrected chi connectivity index (χ3v) is 4.42. The van der Waals surface area contributed by atoms with Crippen LogP contribution in [0.25, 0.3) is 0 Å². The first kappa shape index (κ1) is 18.8. The molecule has 7 heteroatoms. The average molecular weight is 357 g/mol. The minimum absolute atomic E-state index is 0.239. The number of carbonyl (C=O) groups excluding carboxylic acids is 1. The van der Waals surface area contributed by atoms with E-state index >= 15 is 0 Å². The van der Waals surface area contributed by atoms with Gasteiger partial charge in [-0.25, -0.2) is 0 Å². The molecule has 1 aliphatic rings. The summed E-state index contributed by atoms with van der Waals surface area (Å²) in [4.78, 5) is 13.3. The number of hydrogen-bond donors (Lipinski definition) is 1. The molecule has 1 heterocycles. The molecule has 1 unspecified atom stereocenters. The van der Waals surface area contributed by atoms with Crippen molar-refractivity contribution in [3.8, 4) is 11.5 Å². The smallest absolute Gasteiger partial charge is 0.255 e. The number of halogens is 1. The Labute approximate surface area is 147 Å². The molecule has 1 fully saturated rings. The second-order valence-electron chi connectivity index (χ2n) is 5.94. The molecule has 6 nitrogen and oxygen atoms in total. The molecule has 1 aromatic rings. The fourth-order valence-electron chi connectivity index (χ4n) is 3.03. The fourth-order valence-corrected chi connectivity index (χ4v) is 3.32. The molecule has 134 valence electrons. The van der Waals surface area contributed by atoms with E-state index in [0.29, 0.717) is 22.6 Å². The van der Waals surface area contributed by atoms with Crippen molar-refractivity contribution in [1.29, 1.82) is 0 Å². The van der Waals surface area contributed by atoms with Crippen LogP contribution in [0, 0.1) is 0 Å². The number of amides is 1. The molecule has 1 atom stereocenters. The summed E-state index contributed by atoms with van der Waals surface area (Å²) in [6.45, 7) is 2.29. The Morgan fingerprint density at radius 1 is 1.38 bits per heavy atom. The Morgan fingerprint density at radius 3 is 2.83 bits per heavy atom. The number of primary amides is 1. The van der Waals surface area contributed by atoms with Crippen molar-refractivity contribution in [2.75, 3.05) is 34.0 Å². The van der Waals surface area contributed by atoms with E-state index in [0.717, 1.165) is 31.7 Å². The quantitative estimate of drug-likeness (QED) is 0.773. The lowest BCUT2D eigenvalue weighted by atomic mass is 10.0. The van der Waals surface area contributed by atoms with Gasteiger partial charge in [-0.2, -0.15) is 0 Å². The van der Waals surface area contributed by atoms with Gasteiger partial charge in [-0.1, -0.05) is 18.0 Å². The van der Waals surface area contributed by atoms with E-state index in [1.165, 1.54) is 12.8 Å². The van der Waals surface area contributed by atoms with Gasteiger partial charge in [-0.05, 0) is 37.1 Å². The Morgan fingerprint density at radius 2 is 2.17 bits per heavy atom. The number of methoxy groups -OCH3 is 2. The molecule has 24 heavy (non-hydrogen) atoms. The predicted molar refractivity (Wildman–Crippen MR) is 92.6 cm³/mol. The van der Waals surface area contributed by atoms with Gasteiger partial charge in [-0.15, -0.1) is 0 Å². The van der Waals surface area contributed by atoms with Gasteiger partial charge in [0.2, 0.25) is 0 Å². The normalized spacial score (nSPS) is 18.4. The van der Waals surface area contributed by atoms with Crippen LogP contribution in [0.2, 0.25) is 5.02 Å². The lowest BCUT2D eigenvalue weighted by Gasteiger charge is -2.35. The van der Waals surface area contributed by atoms with Gasteiger partial charge >= 0.3 is 0 Å². The van der Waals surface area contributed by atoms with Crippen LogP contribution in [0.5, 0.6) is 11.5 Å². The summed E-state index contributed by atoms with van der Waals surface area (Å²) in [5, 5.41) is 0.408. The summed E-state index contributed by atoms with van der Waals surface area (Å²) in [6.07, 6.45) is 3.55.